The zero-order valence-electron chi connectivity index (χ0n) is 27.1. The zero-order valence-corrected chi connectivity index (χ0v) is 28.0. The average molecular weight is 729 g/mol. The number of anilines is 2. The highest BCUT2D eigenvalue weighted by Gasteiger charge is 2.69. The van der Waals surface area contributed by atoms with Crippen molar-refractivity contribution < 1.29 is 44.7 Å². The maximum absolute atomic E-state index is 15.4. The fourth-order valence-corrected chi connectivity index (χ4v) is 7.90. The van der Waals surface area contributed by atoms with Crippen molar-refractivity contribution in [1.29, 1.82) is 5.26 Å². The van der Waals surface area contributed by atoms with Gasteiger partial charge >= 0.3 is 6.18 Å². The minimum Gasteiger partial charge on any atom is -0.495 e. The molecule has 1 fully saturated rings. The molecule has 17 heteroatoms. The minimum atomic E-state index is -5.03. The number of aromatic nitrogens is 2. The molecule has 0 saturated heterocycles. The molecule has 1 aromatic heterocycles. The van der Waals surface area contributed by atoms with Crippen LogP contribution >= 0.6 is 0 Å². The smallest absolute Gasteiger partial charge is 0.404 e. The number of nitriles is 1. The van der Waals surface area contributed by atoms with Crippen LogP contribution in [0.5, 0.6) is 5.75 Å². The van der Waals surface area contributed by atoms with Gasteiger partial charge in [0, 0.05) is 29.4 Å². The Morgan fingerprint density at radius 2 is 1.73 bits per heavy atom. The van der Waals surface area contributed by atoms with Gasteiger partial charge in [0.15, 0.2) is 11.4 Å². The van der Waals surface area contributed by atoms with Crippen molar-refractivity contribution in [2.45, 2.75) is 43.1 Å². The molecule has 2 amide bonds. The molecule has 1 aliphatic carbocycles. The van der Waals surface area contributed by atoms with E-state index in [4.69, 9.17) is 4.74 Å². The number of halogens is 5. The molecule has 1 saturated carbocycles. The number of carbonyl (C=O) groups excluding carboxylic acids is 2. The van der Waals surface area contributed by atoms with Crippen LogP contribution in [0.25, 0.3) is 0 Å². The Bertz CT molecular complexity index is 2170. The van der Waals surface area contributed by atoms with E-state index in [2.05, 4.69) is 10.4 Å². The van der Waals surface area contributed by atoms with E-state index in [1.54, 1.807) is 13.0 Å². The summed E-state index contributed by atoms with van der Waals surface area (Å²) in [5, 5.41) is 16.4. The van der Waals surface area contributed by atoms with Gasteiger partial charge in [-0.2, -0.15) is 36.6 Å². The minimum absolute atomic E-state index is 0.0210. The van der Waals surface area contributed by atoms with Crippen molar-refractivity contribution >= 4 is 33.2 Å². The molecule has 11 nitrogen and oxygen atoms in total. The topological polar surface area (TPSA) is 138 Å². The maximum atomic E-state index is 15.4. The number of fused-ring (bicyclic) bond motifs is 2. The Hall–Kier alpha value is -5.34. The van der Waals surface area contributed by atoms with Crippen LogP contribution in [0.15, 0.2) is 79.0 Å². The second-order valence-corrected chi connectivity index (χ2v) is 14.3. The summed E-state index contributed by atoms with van der Waals surface area (Å²) in [4.78, 5) is 28.9. The van der Waals surface area contributed by atoms with Gasteiger partial charge in [0.2, 0.25) is 10.0 Å². The lowest BCUT2D eigenvalue weighted by atomic mass is 9.97. The third kappa shape index (κ3) is 6.08. The fraction of sp³-hybridized carbons (Fsp3) is 0.294. The quantitative estimate of drug-likeness (QED) is 0.225. The van der Waals surface area contributed by atoms with Crippen molar-refractivity contribution in [2.75, 3.05) is 30.1 Å². The molecular weight excluding hydrogens is 699 g/mol. The molecule has 2 heterocycles. The number of hydrogen-bond acceptors (Lipinski definition) is 7. The molecule has 2 aliphatic rings. The molecule has 4 aromatic rings. The van der Waals surface area contributed by atoms with E-state index in [0.717, 1.165) is 25.4 Å². The molecule has 0 radical (unpaired) electrons. The first-order valence-corrected chi connectivity index (χ1v) is 16.9. The van der Waals surface area contributed by atoms with Crippen LogP contribution < -0.4 is 15.0 Å². The predicted molar refractivity (Wildman–Crippen MR) is 174 cm³/mol. The van der Waals surface area contributed by atoms with E-state index in [9.17, 15) is 36.4 Å². The molecule has 1 N–H and O–H groups in total. The van der Waals surface area contributed by atoms with Gasteiger partial charge in [0.05, 0.1) is 36.6 Å². The number of nitrogens with one attached hydrogen (secondary N) is 1. The number of rotatable bonds is 9. The molecule has 0 bridgehead atoms. The largest absolute Gasteiger partial charge is 0.495 e. The Morgan fingerprint density at radius 1 is 1.08 bits per heavy atom. The van der Waals surface area contributed by atoms with Crippen molar-refractivity contribution in [2.24, 2.45) is 0 Å². The Balaban J connectivity index is 1.41. The summed E-state index contributed by atoms with van der Waals surface area (Å²) < 4.78 is 103. The third-order valence-corrected chi connectivity index (χ3v) is 11.2. The summed E-state index contributed by atoms with van der Waals surface area (Å²) in [5.74, 6) is -6.78. The van der Waals surface area contributed by atoms with Gasteiger partial charge in [0.25, 0.3) is 17.7 Å². The molecule has 3 aromatic carbocycles. The number of amides is 2. The molecule has 1 aliphatic heterocycles. The van der Waals surface area contributed by atoms with Crippen molar-refractivity contribution in [1.82, 2.24) is 14.1 Å². The number of methoxy groups -OCH3 is 1. The summed E-state index contributed by atoms with van der Waals surface area (Å²) in [6.45, 7) is 1.55. The van der Waals surface area contributed by atoms with Gasteiger partial charge in [-0.3, -0.25) is 9.59 Å². The van der Waals surface area contributed by atoms with Crippen LogP contribution in [-0.4, -0.2) is 72.5 Å². The SMILES string of the molecule is COc1ccc(C(=O)Nc2cnn3c2C(=O)N(c2ccc(C(F)(F)c4ccccc4)cc2)[C@@H](C)C32CC2N(C)S(=O)(=O)CC(F)(F)F)cc1C#N. The summed E-state index contributed by atoms with van der Waals surface area (Å²) in [5.41, 5.74) is -2.18. The van der Waals surface area contributed by atoms with E-state index in [-0.39, 0.29) is 51.5 Å². The Morgan fingerprint density at radius 3 is 2.33 bits per heavy atom. The molecule has 51 heavy (non-hydrogen) atoms. The first-order chi connectivity index (χ1) is 24.0. The van der Waals surface area contributed by atoms with Gasteiger partial charge in [-0.05, 0) is 43.7 Å². The lowest BCUT2D eigenvalue weighted by Crippen LogP contribution is -2.57. The average Bonchev–Trinajstić information content (AvgIpc) is 3.69. The second kappa shape index (κ2) is 12.5. The monoisotopic (exact) mass is 728 g/mol. The standard InChI is InChI=1S/C34H29F5N6O5S/c1-20-32(16-28(32)43(2)51(48,49)19-33(35,36)37)45-29(26(18-41-45)42-30(46)21-9-14-27(50-3)22(15-21)17-40)31(47)44(20)25-12-10-24(11-13-25)34(38,39)23-7-5-4-6-8-23/h4-15,18,20,28H,16,19H2,1-3H3,(H,42,46)/t20-,28?,32?/m0/s1. The third-order valence-electron chi connectivity index (χ3n) is 9.33. The lowest BCUT2D eigenvalue weighted by molar-refractivity contribution is -0.107. The molecule has 6 rings (SSSR count). The molecule has 2 unspecified atom stereocenters. The first kappa shape index (κ1) is 35.5. The van der Waals surface area contributed by atoms with E-state index in [0.29, 0.717) is 4.31 Å². The summed E-state index contributed by atoms with van der Waals surface area (Å²) >= 11 is 0. The van der Waals surface area contributed by atoms with Crippen LogP contribution in [0.2, 0.25) is 0 Å². The van der Waals surface area contributed by atoms with Gasteiger partial charge in [-0.25, -0.2) is 13.1 Å². The number of ether oxygens (including phenoxy) is 1. The number of likely N-dealkylation sites (N-methyl/N-ethyl adjacent to an activating group) is 1. The van der Waals surface area contributed by atoms with E-state index in [1.165, 1.54) is 71.3 Å². The lowest BCUT2D eigenvalue weighted by Gasteiger charge is -2.42. The number of alkyl halides is 5. The van der Waals surface area contributed by atoms with E-state index in [1.807, 2.05) is 6.07 Å². The highest BCUT2D eigenvalue weighted by atomic mass is 32.2. The van der Waals surface area contributed by atoms with Gasteiger partial charge in [-0.1, -0.05) is 42.5 Å². The van der Waals surface area contributed by atoms with Crippen LogP contribution in [0, 0.1) is 11.3 Å². The van der Waals surface area contributed by atoms with Crippen molar-refractivity contribution in [3.05, 3.63) is 107 Å². The maximum Gasteiger partial charge on any atom is 0.404 e. The molecule has 1 spiro atoms. The normalized spacial score (nSPS) is 20.2. The number of carbonyl (C=O) groups is 2. The molecular formula is C34H29F5N6O5S. The number of nitrogens with zero attached hydrogens (tertiary/aromatic N) is 5. The van der Waals surface area contributed by atoms with Crippen molar-refractivity contribution in [3.8, 4) is 11.8 Å². The van der Waals surface area contributed by atoms with Crippen LogP contribution in [-0.2, 0) is 21.5 Å². The molecule has 3 atom stereocenters. The Labute approximate surface area is 288 Å². The van der Waals surface area contributed by atoms with E-state index < -0.39 is 57.3 Å². The number of hydrogen-bond donors (Lipinski definition) is 1. The Kier molecular flexibility index (Phi) is 8.67. The summed E-state index contributed by atoms with van der Waals surface area (Å²) in [7, 11) is -2.53. The van der Waals surface area contributed by atoms with E-state index >= 15 is 8.78 Å². The van der Waals surface area contributed by atoms with Crippen molar-refractivity contribution in [3.63, 3.8) is 0 Å². The fourth-order valence-electron chi connectivity index (χ4n) is 6.64. The molecule has 266 valence electrons. The van der Waals surface area contributed by atoms with Crippen LogP contribution in [0.4, 0.5) is 33.3 Å². The highest BCUT2D eigenvalue weighted by molar-refractivity contribution is 7.89. The number of sulfonamides is 1. The van der Waals surface area contributed by atoms with Gasteiger partial charge in [0.1, 0.15) is 17.4 Å². The number of benzene rings is 3. The predicted octanol–water partition coefficient (Wildman–Crippen LogP) is 5.50. The highest BCUT2D eigenvalue weighted by Crippen LogP contribution is 2.56. The summed E-state index contributed by atoms with van der Waals surface area (Å²) in [6.07, 6.45) is -3.94. The van der Waals surface area contributed by atoms with Gasteiger partial charge in [-0.15, -0.1) is 0 Å². The second-order valence-electron chi connectivity index (χ2n) is 12.2. The first-order valence-electron chi connectivity index (χ1n) is 15.3. The van der Waals surface area contributed by atoms with Crippen LogP contribution in [0.1, 0.15) is 50.9 Å². The van der Waals surface area contributed by atoms with Gasteiger partial charge < -0.3 is 15.0 Å². The summed E-state index contributed by atoms with van der Waals surface area (Å²) in [6, 6.07) is 15.9. The zero-order chi connectivity index (χ0) is 37.1. The van der Waals surface area contributed by atoms with Crippen LogP contribution in [0.3, 0.4) is 0 Å².